The van der Waals surface area contributed by atoms with Crippen LogP contribution < -0.4 is 15.4 Å². The van der Waals surface area contributed by atoms with Crippen LogP contribution in [-0.4, -0.2) is 63.4 Å². The largest absolute Gasteiger partial charge is 0.497 e. The second-order valence-corrected chi connectivity index (χ2v) is 7.10. The molecule has 7 heteroatoms. The smallest absolute Gasteiger partial charge is 0.409 e. The Balaban J connectivity index is 1.82. The number of aliphatic imine (C=N–C) groups is 1. The lowest BCUT2D eigenvalue weighted by Crippen LogP contribution is -2.49. The van der Waals surface area contributed by atoms with Gasteiger partial charge in [0.25, 0.3) is 0 Å². The minimum Gasteiger partial charge on any atom is -0.497 e. The van der Waals surface area contributed by atoms with Crippen LogP contribution in [0.1, 0.15) is 44.6 Å². The van der Waals surface area contributed by atoms with Crippen LogP contribution in [0.4, 0.5) is 4.79 Å². The molecule has 1 aliphatic heterocycles. The molecule has 0 saturated carbocycles. The number of hydrogen-bond acceptors (Lipinski definition) is 4. The van der Waals surface area contributed by atoms with Crippen LogP contribution in [0, 0.1) is 0 Å². The fraction of sp³-hybridized carbons (Fsp3) is 0.619. The third-order valence-electron chi connectivity index (χ3n) is 5.13. The first kappa shape index (κ1) is 21.9. The molecule has 1 aromatic rings. The highest BCUT2D eigenvalue weighted by atomic mass is 16.5. The van der Waals surface area contributed by atoms with Crippen LogP contribution in [-0.2, 0) is 4.74 Å². The maximum absolute atomic E-state index is 11.6. The molecular weight excluding hydrogens is 356 g/mol. The Morgan fingerprint density at radius 2 is 1.93 bits per heavy atom. The van der Waals surface area contributed by atoms with Crippen molar-refractivity contribution in [3.05, 3.63) is 29.8 Å². The highest BCUT2D eigenvalue weighted by molar-refractivity contribution is 5.80. The average Bonchev–Trinajstić information content (AvgIpc) is 2.73. The van der Waals surface area contributed by atoms with Crippen molar-refractivity contribution in [1.29, 1.82) is 0 Å². The Morgan fingerprint density at radius 1 is 1.25 bits per heavy atom. The van der Waals surface area contributed by atoms with E-state index < -0.39 is 0 Å². The lowest BCUT2D eigenvalue weighted by atomic mass is 9.98. The van der Waals surface area contributed by atoms with Crippen molar-refractivity contribution < 1.29 is 14.3 Å². The molecule has 2 N–H and O–H groups in total. The molecule has 1 saturated heterocycles. The minimum absolute atomic E-state index is 0.244. The zero-order valence-corrected chi connectivity index (χ0v) is 17.5. The van der Waals surface area contributed by atoms with Gasteiger partial charge in [0, 0.05) is 32.2 Å². The summed E-state index contributed by atoms with van der Waals surface area (Å²) in [5.74, 6) is 2.16. The molecule has 0 aromatic heterocycles. The molecule has 28 heavy (non-hydrogen) atoms. The fourth-order valence-electron chi connectivity index (χ4n) is 3.32. The third kappa shape index (κ3) is 6.62. The van der Waals surface area contributed by atoms with E-state index >= 15 is 0 Å². The molecule has 1 aromatic carbocycles. The van der Waals surface area contributed by atoms with Crippen LogP contribution in [0.25, 0.3) is 0 Å². The van der Waals surface area contributed by atoms with E-state index in [0.29, 0.717) is 25.0 Å². The minimum atomic E-state index is -0.244. The summed E-state index contributed by atoms with van der Waals surface area (Å²) >= 11 is 0. The summed E-state index contributed by atoms with van der Waals surface area (Å²) in [6, 6.07) is 8.55. The first-order valence-electron chi connectivity index (χ1n) is 10.1. The van der Waals surface area contributed by atoms with Gasteiger partial charge in [0.15, 0.2) is 5.96 Å². The van der Waals surface area contributed by atoms with Crippen LogP contribution in [0.2, 0.25) is 0 Å². The number of carbonyl (C=O) groups excluding carboxylic acids is 1. The summed E-state index contributed by atoms with van der Waals surface area (Å²) in [5, 5.41) is 6.83. The van der Waals surface area contributed by atoms with E-state index in [4.69, 9.17) is 14.5 Å². The summed E-state index contributed by atoms with van der Waals surface area (Å²) in [6.45, 7) is 7.28. The van der Waals surface area contributed by atoms with Crippen molar-refractivity contribution in [2.24, 2.45) is 4.99 Å². The van der Waals surface area contributed by atoms with E-state index in [0.717, 1.165) is 44.1 Å². The van der Waals surface area contributed by atoms with Gasteiger partial charge in [-0.05, 0) is 49.8 Å². The number of nitrogens with one attached hydrogen (secondary N) is 2. The SMILES string of the molecule is CCNC(=NCCC(C)c1ccc(OC)cc1)NC1CCN(C(=O)OC)CC1. The average molecular weight is 391 g/mol. The van der Waals surface area contributed by atoms with Gasteiger partial charge in [-0.25, -0.2) is 4.79 Å². The normalized spacial score (nSPS) is 16.4. The van der Waals surface area contributed by atoms with Crippen molar-refractivity contribution in [1.82, 2.24) is 15.5 Å². The van der Waals surface area contributed by atoms with E-state index in [2.05, 4.69) is 36.6 Å². The predicted molar refractivity (Wildman–Crippen MR) is 112 cm³/mol. The number of amides is 1. The molecule has 1 fully saturated rings. The first-order valence-corrected chi connectivity index (χ1v) is 10.1. The molecule has 1 heterocycles. The molecule has 2 rings (SSSR count). The zero-order chi connectivity index (χ0) is 20.4. The van der Waals surface area contributed by atoms with Gasteiger partial charge < -0.3 is 25.0 Å². The summed E-state index contributed by atoms with van der Waals surface area (Å²) < 4.78 is 10.0. The van der Waals surface area contributed by atoms with Gasteiger partial charge in [-0.15, -0.1) is 0 Å². The third-order valence-corrected chi connectivity index (χ3v) is 5.13. The van der Waals surface area contributed by atoms with E-state index in [-0.39, 0.29) is 6.09 Å². The Bertz CT molecular complexity index is 625. The van der Waals surface area contributed by atoms with Crippen molar-refractivity contribution in [3.63, 3.8) is 0 Å². The molecule has 7 nitrogen and oxygen atoms in total. The van der Waals surface area contributed by atoms with Crippen LogP contribution in [0.5, 0.6) is 5.75 Å². The number of piperidine rings is 1. The number of nitrogens with zero attached hydrogens (tertiary/aromatic N) is 2. The first-order chi connectivity index (χ1) is 13.6. The van der Waals surface area contributed by atoms with Gasteiger partial charge in [0.05, 0.1) is 14.2 Å². The van der Waals surface area contributed by atoms with Crippen LogP contribution in [0.15, 0.2) is 29.3 Å². The topological polar surface area (TPSA) is 75.2 Å². The number of benzene rings is 1. The molecule has 1 unspecified atom stereocenters. The number of guanidine groups is 1. The van der Waals surface area contributed by atoms with Gasteiger partial charge in [0.2, 0.25) is 0 Å². The standard InChI is InChI=1S/C21H34N4O3/c1-5-22-20(24-18-11-14-25(15-12-18)21(26)28-4)23-13-10-16(2)17-6-8-19(27-3)9-7-17/h6-9,16,18H,5,10-15H2,1-4H3,(H2,22,23,24). The van der Waals surface area contributed by atoms with Crippen molar-refractivity contribution >= 4 is 12.1 Å². The van der Waals surface area contributed by atoms with Crippen molar-refractivity contribution in [2.45, 2.75) is 45.1 Å². The molecule has 0 spiro atoms. The lowest BCUT2D eigenvalue weighted by Gasteiger charge is -2.32. The number of rotatable bonds is 7. The number of methoxy groups -OCH3 is 2. The van der Waals surface area contributed by atoms with Gasteiger partial charge in [-0.1, -0.05) is 19.1 Å². The Hall–Kier alpha value is -2.44. The molecular formula is C21H34N4O3. The Morgan fingerprint density at radius 3 is 2.50 bits per heavy atom. The Labute approximate surface area is 168 Å². The second-order valence-electron chi connectivity index (χ2n) is 7.10. The van der Waals surface area contributed by atoms with E-state index in [9.17, 15) is 4.79 Å². The highest BCUT2D eigenvalue weighted by Gasteiger charge is 2.23. The van der Waals surface area contributed by atoms with Crippen LogP contribution in [0.3, 0.4) is 0 Å². The van der Waals surface area contributed by atoms with Crippen LogP contribution >= 0.6 is 0 Å². The second kappa shape index (κ2) is 11.4. The van der Waals surface area contributed by atoms with Crippen molar-refractivity contribution in [3.8, 4) is 5.75 Å². The summed E-state index contributed by atoms with van der Waals surface area (Å²) in [5.41, 5.74) is 1.30. The number of hydrogen-bond donors (Lipinski definition) is 2. The molecule has 1 aliphatic rings. The highest BCUT2D eigenvalue weighted by Crippen LogP contribution is 2.21. The molecule has 156 valence electrons. The van der Waals surface area contributed by atoms with Gasteiger partial charge in [-0.3, -0.25) is 4.99 Å². The molecule has 0 bridgehead atoms. The van der Waals surface area contributed by atoms with E-state index in [1.165, 1.54) is 12.7 Å². The summed E-state index contributed by atoms with van der Waals surface area (Å²) in [6.07, 6.45) is 2.51. The van der Waals surface area contributed by atoms with Gasteiger partial charge >= 0.3 is 6.09 Å². The molecule has 0 aliphatic carbocycles. The lowest BCUT2D eigenvalue weighted by molar-refractivity contribution is 0.111. The maximum Gasteiger partial charge on any atom is 0.409 e. The number of ether oxygens (including phenoxy) is 2. The summed E-state index contributed by atoms with van der Waals surface area (Å²) in [4.78, 5) is 18.1. The monoisotopic (exact) mass is 390 g/mol. The molecule has 1 atom stereocenters. The van der Waals surface area contributed by atoms with E-state index in [1.54, 1.807) is 12.0 Å². The predicted octanol–water partition coefficient (Wildman–Crippen LogP) is 2.97. The number of carbonyl (C=O) groups is 1. The Kier molecular flexibility index (Phi) is 8.91. The fourth-order valence-corrected chi connectivity index (χ4v) is 3.32. The number of likely N-dealkylation sites (tertiary alicyclic amines) is 1. The van der Waals surface area contributed by atoms with Gasteiger partial charge in [-0.2, -0.15) is 0 Å². The summed E-state index contributed by atoms with van der Waals surface area (Å²) in [7, 11) is 3.11. The van der Waals surface area contributed by atoms with Gasteiger partial charge in [0.1, 0.15) is 5.75 Å². The quantitative estimate of drug-likeness (QED) is 0.553. The maximum atomic E-state index is 11.6. The zero-order valence-electron chi connectivity index (χ0n) is 17.5. The molecule has 0 radical (unpaired) electrons. The van der Waals surface area contributed by atoms with E-state index in [1.807, 2.05) is 12.1 Å². The molecule has 1 amide bonds. The van der Waals surface area contributed by atoms with Crippen molar-refractivity contribution in [2.75, 3.05) is 40.4 Å².